The molecule has 2 fully saturated rings. The highest BCUT2D eigenvalue weighted by atomic mass is 32.1. The van der Waals surface area contributed by atoms with Gasteiger partial charge in [-0.05, 0) is 13.3 Å². The Hall–Kier alpha value is -1.47. The first-order valence-electron chi connectivity index (χ1n) is 8.23. The molecule has 3 rings (SSSR count). The van der Waals surface area contributed by atoms with Gasteiger partial charge in [0.05, 0.1) is 22.7 Å². The Labute approximate surface area is 145 Å². The predicted molar refractivity (Wildman–Crippen MR) is 90.4 cm³/mol. The van der Waals surface area contributed by atoms with E-state index in [1.54, 1.807) is 4.90 Å². The van der Waals surface area contributed by atoms with Gasteiger partial charge >= 0.3 is 5.97 Å². The number of amides is 1. The third-order valence-corrected chi connectivity index (χ3v) is 6.62. The van der Waals surface area contributed by atoms with E-state index in [-0.39, 0.29) is 23.8 Å². The number of hydrogen-bond acceptors (Lipinski definition) is 5. The number of rotatable bonds is 2. The number of aryl methyl sites for hydroxylation is 1. The van der Waals surface area contributed by atoms with Gasteiger partial charge in [-0.25, -0.2) is 4.98 Å². The van der Waals surface area contributed by atoms with Gasteiger partial charge < -0.3 is 14.7 Å². The third kappa shape index (κ3) is 2.73. The Morgan fingerprint density at radius 3 is 2.67 bits per heavy atom. The zero-order chi connectivity index (χ0) is 17.7. The van der Waals surface area contributed by atoms with Crippen molar-refractivity contribution in [3.8, 4) is 0 Å². The average molecular weight is 352 g/mol. The smallest absolute Gasteiger partial charge is 0.311 e. The highest BCUT2D eigenvalue weighted by Gasteiger charge is 2.55. The summed E-state index contributed by atoms with van der Waals surface area (Å²) in [7, 11) is 0. The number of fused-ring (bicyclic) bond motifs is 1. The Balaban J connectivity index is 1.87. The van der Waals surface area contributed by atoms with Crippen molar-refractivity contribution in [2.24, 2.45) is 11.3 Å². The highest BCUT2D eigenvalue weighted by molar-refractivity contribution is 7.14. The van der Waals surface area contributed by atoms with Crippen LogP contribution in [0.5, 0.6) is 0 Å². The number of carboxylic acids is 1. The van der Waals surface area contributed by atoms with Gasteiger partial charge in [-0.2, -0.15) is 0 Å². The fraction of sp³-hybridized carbons (Fsp3) is 0.706. The number of aliphatic carboxylic acids is 1. The van der Waals surface area contributed by atoms with Gasteiger partial charge in [-0.1, -0.05) is 20.8 Å². The summed E-state index contributed by atoms with van der Waals surface area (Å²) in [6.07, 6.45) is 0.464. The van der Waals surface area contributed by atoms with Crippen LogP contribution in [0.2, 0.25) is 0 Å². The maximum atomic E-state index is 13.0. The zero-order valence-corrected chi connectivity index (χ0v) is 15.4. The van der Waals surface area contributed by atoms with Crippen molar-refractivity contribution < 1.29 is 19.4 Å². The van der Waals surface area contributed by atoms with Crippen molar-refractivity contribution in [1.82, 2.24) is 9.88 Å². The Bertz CT molecular complexity index is 679. The quantitative estimate of drug-likeness (QED) is 0.883. The molecule has 2 aliphatic rings. The number of nitrogens with zero attached hydrogens (tertiary/aromatic N) is 2. The first-order chi connectivity index (χ1) is 11.1. The third-order valence-electron chi connectivity index (χ3n) is 5.05. The van der Waals surface area contributed by atoms with Crippen LogP contribution in [0.1, 0.15) is 47.6 Å². The summed E-state index contributed by atoms with van der Waals surface area (Å²) < 4.78 is 5.45. The molecule has 1 aromatic rings. The topological polar surface area (TPSA) is 79.7 Å². The average Bonchev–Trinajstić information content (AvgIpc) is 3.07. The van der Waals surface area contributed by atoms with E-state index in [1.165, 1.54) is 11.3 Å². The van der Waals surface area contributed by atoms with Gasteiger partial charge in [0.2, 0.25) is 0 Å². The van der Waals surface area contributed by atoms with Gasteiger partial charge in [-0.3, -0.25) is 9.59 Å². The van der Waals surface area contributed by atoms with E-state index >= 15 is 0 Å². The van der Waals surface area contributed by atoms with Crippen molar-refractivity contribution in [1.29, 1.82) is 0 Å². The molecule has 0 aromatic carbocycles. The normalized spacial score (nSPS) is 27.2. The molecule has 1 N–H and O–H groups in total. The second-order valence-electron chi connectivity index (χ2n) is 7.85. The molecule has 2 aliphatic heterocycles. The molecule has 2 atom stereocenters. The molecule has 7 heteroatoms. The number of carbonyl (C=O) groups is 2. The summed E-state index contributed by atoms with van der Waals surface area (Å²) in [4.78, 5) is 31.7. The first-order valence-corrected chi connectivity index (χ1v) is 9.05. The lowest BCUT2D eigenvalue weighted by Crippen LogP contribution is -2.45. The van der Waals surface area contributed by atoms with Gasteiger partial charge in [-0.15, -0.1) is 11.3 Å². The lowest BCUT2D eigenvalue weighted by Gasteiger charge is -2.33. The predicted octanol–water partition coefficient (Wildman–Crippen LogP) is 2.31. The van der Waals surface area contributed by atoms with Crippen LogP contribution in [0.15, 0.2) is 0 Å². The molecule has 0 spiro atoms. The number of carboxylic acid groups (broad SMARTS) is 1. The molecule has 1 amide bonds. The molecule has 1 aromatic heterocycles. The second-order valence-corrected chi connectivity index (χ2v) is 8.85. The largest absolute Gasteiger partial charge is 0.481 e. The van der Waals surface area contributed by atoms with Gasteiger partial charge in [0.1, 0.15) is 4.88 Å². The van der Waals surface area contributed by atoms with Crippen molar-refractivity contribution in [2.45, 2.75) is 39.5 Å². The standard InChI is InChI=1S/C17H24N2O4S/c1-10-12(24-14(18-10)16(2,3)4)13(20)19-7-11-8-23-6-5-17(11,9-19)15(21)22/h11H,5-9H2,1-4H3,(H,21,22)/t11-,17+/m0/s1. The number of hydrogen-bond donors (Lipinski definition) is 1. The fourth-order valence-electron chi connectivity index (χ4n) is 3.51. The molecule has 0 bridgehead atoms. The first kappa shape index (κ1) is 17.4. The Kier molecular flexibility index (Phi) is 4.20. The van der Waals surface area contributed by atoms with E-state index in [0.29, 0.717) is 31.1 Å². The molecular formula is C17H24N2O4S. The van der Waals surface area contributed by atoms with Crippen LogP contribution in [-0.2, 0) is 14.9 Å². The minimum absolute atomic E-state index is 0.101. The van der Waals surface area contributed by atoms with Gasteiger partial charge in [0.25, 0.3) is 5.91 Å². The van der Waals surface area contributed by atoms with Gasteiger partial charge in [0.15, 0.2) is 0 Å². The summed E-state index contributed by atoms with van der Waals surface area (Å²) in [6, 6.07) is 0. The minimum atomic E-state index is -0.862. The summed E-state index contributed by atoms with van der Waals surface area (Å²) in [5, 5.41) is 10.7. The molecule has 132 valence electrons. The molecule has 24 heavy (non-hydrogen) atoms. The summed E-state index contributed by atoms with van der Waals surface area (Å²) in [5.41, 5.74) is -0.243. The molecule has 0 aliphatic carbocycles. The maximum absolute atomic E-state index is 13.0. The number of ether oxygens (including phenoxy) is 1. The van der Waals surface area contributed by atoms with Gasteiger partial charge in [0, 0.05) is 31.0 Å². The maximum Gasteiger partial charge on any atom is 0.311 e. The second kappa shape index (κ2) is 5.81. The van der Waals surface area contributed by atoms with Crippen molar-refractivity contribution in [2.75, 3.05) is 26.3 Å². The minimum Gasteiger partial charge on any atom is -0.481 e. The van der Waals surface area contributed by atoms with Crippen LogP contribution < -0.4 is 0 Å². The van der Waals surface area contributed by atoms with E-state index in [9.17, 15) is 14.7 Å². The summed E-state index contributed by atoms with van der Waals surface area (Å²) in [5.74, 6) is -1.05. The lowest BCUT2D eigenvalue weighted by molar-refractivity contribution is -0.157. The molecule has 0 radical (unpaired) electrons. The summed E-state index contributed by atoms with van der Waals surface area (Å²) in [6.45, 7) is 9.61. The van der Waals surface area contributed by atoms with Crippen LogP contribution in [0.25, 0.3) is 0 Å². The number of likely N-dealkylation sites (tertiary alicyclic amines) is 1. The number of carbonyl (C=O) groups excluding carboxylic acids is 1. The Morgan fingerprint density at radius 1 is 1.42 bits per heavy atom. The van der Waals surface area contributed by atoms with Crippen molar-refractivity contribution in [3.05, 3.63) is 15.6 Å². The van der Waals surface area contributed by atoms with Crippen molar-refractivity contribution in [3.63, 3.8) is 0 Å². The van der Waals surface area contributed by atoms with Crippen LogP contribution in [-0.4, -0.2) is 53.2 Å². The van der Waals surface area contributed by atoms with E-state index in [0.717, 1.165) is 10.7 Å². The number of aromatic nitrogens is 1. The van der Waals surface area contributed by atoms with Crippen LogP contribution in [0, 0.1) is 18.3 Å². The fourth-order valence-corrected chi connectivity index (χ4v) is 4.61. The zero-order valence-electron chi connectivity index (χ0n) is 14.6. The number of thiazole rings is 1. The molecular weight excluding hydrogens is 328 g/mol. The lowest BCUT2D eigenvalue weighted by atomic mass is 9.74. The Morgan fingerprint density at radius 2 is 2.12 bits per heavy atom. The molecule has 0 saturated carbocycles. The highest BCUT2D eigenvalue weighted by Crippen LogP contribution is 2.43. The molecule has 6 nitrogen and oxygen atoms in total. The SMILES string of the molecule is Cc1nc(C(C)(C)C)sc1C(=O)N1C[C@H]2COCC[C@@]2(C(=O)O)C1. The van der Waals surface area contributed by atoms with Crippen LogP contribution in [0.3, 0.4) is 0 Å². The van der Waals surface area contributed by atoms with Crippen LogP contribution >= 0.6 is 11.3 Å². The monoisotopic (exact) mass is 352 g/mol. The summed E-state index contributed by atoms with van der Waals surface area (Å²) >= 11 is 1.42. The van der Waals surface area contributed by atoms with E-state index in [2.05, 4.69) is 25.8 Å². The molecule has 3 heterocycles. The van der Waals surface area contributed by atoms with Crippen LogP contribution in [0.4, 0.5) is 0 Å². The van der Waals surface area contributed by atoms with Crippen molar-refractivity contribution >= 4 is 23.2 Å². The molecule has 0 unspecified atom stereocenters. The van der Waals surface area contributed by atoms with E-state index in [1.807, 2.05) is 6.92 Å². The molecule has 2 saturated heterocycles. The van der Waals surface area contributed by atoms with E-state index in [4.69, 9.17) is 4.74 Å². The van der Waals surface area contributed by atoms with E-state index < -0.39 is 11.4 Å².